The third kappa shape index (κ3) is 4.69. The molecule has 0 radical (unpaired) electrons. The molecule has 1 amide bonds. The number of aliphatic carboxylic acids is 1. The summed E-state index contributed by atoms with van der Waals surface area (Å²) in [6.45, 7) is 7.08. The fraction of sp³-hybridized carbons (Fsp3) is 0.529. The number of hydrogen-bond acceptors (Lipinski definition) is 4. The maximum atomic E-state index is 11.8. The number of nitrogens with one attached hydrogen (secondary N) is 2. The highest BCUT2D eigenvalue weighted by molar-refractivity contribution is 5.85. The number of fused-ring (bicyclic) bond motifs is 1. The van der Waals surface area contributed by atoms with Crippen molar-refractivity contribution in [3.8, 4) is 0 Å². The lowest BCUT2D eigenvalue weighted by molar-refractivity contribution is -0.139. The highest BCUT2D eigenvalue weighted by Gasteiger charge is 2.26. The second-order valence-corrected chi connectivity index (χ2v) is 6.86. The first-order chi connectivity index (χ1) is 10.7. The minimum absolute atomic E-state index is 0.0340. The highest BCUT2D eigenvalue weighted by Crippen LogP contribution is 2.33. The Morgan fingerprint density at radius 2 is 2.04 bits per heavy atom. The molecule has 0 aliphatic heterocycles. The zero-order valence-electron chi connectivity index (χ0n) is 14.0. The Morgan fingerprint density at radius 3 is 2.65 bits per heavy atom. The first kappa shape index (κ1) is 17.3. The van der Waals surface area contributed by atoms with E-state index in [1.165, 1.54) is 0 Å². The molecule has 1 aliphatic rings. The molecule has 0 heterocycles. The Bertz CT molecular complexity index is 607. The number of amides is 1. The zero-order valence-corrected chi connectivity index (χ0v) is 14.0. The fourth-order valence-corrected chi connectivity index (χ4v) is 2.66. The minimum atomic E-state index is -0.860. The van der Waals surface area contributed by atoms with Crippen molar-refractivity contribution in [2.45, 2.75) is 58.2 Å². The van der Waals surface area contributed by atoms with Crippen LogP contribution in [0.2, 0.25) is 0 Å². The monoisotopic (exact) mass is 320 g/mol. The molecule has 0 saturated carbocycles. The van der Waals surface area contributed by atoms with Crippen molar-refractivity contribution >= 4 is 17.7 Å². The van der Waals surface area contributed by atoms with Gasteiger partial charge in [0.2, 0.25) is 0 Å². The first-order valence-electron chi connectivity index (χ1n) is 7.77. The Morgan fingerprint density at radius 1 is 1.35 bits per heavy atom. The van der Waals surface area contributed by atoms with Crippen LogP contribution < -0.4 is 10.6 Å². The van der Waals surface area contributed by atoms with Gasteiger partial charge in [0, 0.05) is 11.7 Å². The molecule has 126 valence electrons. The van der Waals surface area contributed by atoms with E-state index < -0.39 is 23.7 Å². The predicted octanol–water partition coefficient (Wildman–Crippen LogP) is 3.08. The maximum Gasteiger partial charge on any atom is 0.412 e. The van der Waals surface area contributed by atoms with Crippen LogP contribution >= 0.6 is 0 Å². The van der Waals surface area contributed by atoms with Crippen LogP contribution in [0.1, 0.15) is 51.3 Å². The normalized spacial score (nSPS) is 18.2. The van der Waals surface area contributed by atoms with Gasteiger partial charge in [-0.15, -0.1) is 0 Å². The summed E-state index contributed by atoms with van der Waals surface area (Å²) in [6, 6.07) is 5.11. The van der Waals surface area contributed by atoms with E-state index in [-0.39, 0.29) is 6.04 Å². The van der Waals surface area contributed by atoms with E-state index in [4.69, 9.17) is 9.84 Å². The second kappa shape index (κ2) is 6.58. The van der Waals surface area contributed by atoms with E-state index in [0.29, 0.717) is 5.69 Å². The van der Waals surface area contributed by atoms with Gasteiger partial charge < -0.3 is 9.84 Å². The average molecular weight is 320 g/mol. The molecule has 0 aromatic heterocycles. The Balaban J connectivity index is 2.04. The van der Waals surface area contributed by atoms with Crippen LogP contribution in [0, 0.1) is 0 Å². The predicted molar refractivity (Wildman–Crippen MR) is 87.6 cm³/mol. The summed E-state index contributed by atoms with van der Waals surface area (Å²) in [6.07, 6.45) is 1.22. The first-order valence-corrected chi connectivity index (χ1v) is 7.77. The van der Waals surface area contributed by atoms with Crippen LogP contribution in [0.25, 0.3) is 0 Å². The number of carboxylic acid groups (broad SMARTS) is 1. The molecule has 6 heteroatoms. The second-order valence-electron chi connectivity index (χ2n) is 6.86. The summed E-state index contributed by atoms with van der Waals surface area (Å²) in [5, 5.41) is 14.8. The number of carbonyl (C=O) groups excluding carboxylic acids is 1. The standard InChI is InChI=1S/C17H24N2O4/c1-10(15(20)21)18-14-8-5-11-9-12(6-7-13(11)14)19-16(22)23-17(2,3)4/h6-7,9-10,14,18H,5,8H2,1-4H3,(H,19,22)(H,20,21). The number of ether oxygens (including phenoxy) is 1. The molecule has 1 aliphatic carbocycles. The number of aryl methyl sites for hydroxylation is 1. The lowest BCUT2D eigenvalue weighted by Gasteiger charge is -2.20. The van der Waals surface area contributed by atoms with E-state index in [9.17, 15) is 9.59 Å². The van der Waals surface area contributed by atoms with E-state index in [1.807, 2.05) is 39.0 Å². The molecule has 2 rings (SSSR count). The van der Waals surface area contributed by atoms with E-state index >= 15 is 0 Å². The van der Waals surface area contributed by atoms with Gasteiger partial charge in [0.1, 0.15) is 11.6 Å². The summed E-state index contributed by atoms with van der Waals surface area (Å²) in [5.74, 6) is -0.860. The quantitative estimate of drug-likeness (QED) is 0.793. The summed E-state index contributed by atoms with van der Waals surface area (Å²) in [7, 11) is 0. The summed E-state index contributed by atoms with van der Waals surface area (Å²) in [5.41, 5.74) is 2.36. The van der Waals surface area contributed by atoms with Gasteiger partial charge >= 0.3 is 12.1 Å². The molecule has 23 heavy (non-hydrogen) atoms. The minimum Gasteiger partial charge on any atom is -0.480 e. The number of carbonyl (C=O) groups is 2. The van der Waals surface area contributed by atoms with Crippen molar-refractivity contribution in [2.24, 2.45) is 0 Å². The molecule has 0 fully saturated rings. The molecular formula is C17H24N2O4. The topological polar surface area (TPSA) is 87.7 Å². The van der Waals surface area contributed by atoms with Crippen LogP contribution in [0.3, 0.4) is 0 Å². The van der Waals surface area contributed by atoms with Gasteiger partial charge in [0.05, 0.1) is 0 Å². The molecule has 3 N–H and O–H groups in total. The Kier molecular flexibility index (Phi) is 4.94. The van der Waals surface area contributed by atoms with Crippen molar-refractivity contribution in [1.82, 2.24) is 5.32 Å². The van der Waals surface area contributed by atoms with Crippen molar-refractivity contribution in [2.75, 3.05) is 5.32 Å². The van der Waals surface area contributed by atoms with Crippen LogP contribution in [-0.4, -0.2) is 28.8 Å². The van der Waals surface area contributed by atoms with E-state index in [2.05, 4.69) is 10.6 Å². The number of anilines is 1. The number of hydrogen-bond donors (Lipinski definition) is 3. The van der Waals surface area contributed by atoms with Gasteiger partial charge in [-0.1, -0.05) is 6.07 Å². The molecule has 1 aromatic rings. The average Bonchev–Trinajstić information content (AvgIpc) is 2.78. The van der Waals surface area contributed by atoms with Crippen LogP contribution in [0.5, 0.6) is 0 Å². The largest absolute Gasteiger partial charge is 0.480 e. The number of benzene rings is 1. The molecule has 6 nitrogen and oxygen atoms in total. The molecular weight excluding hydrogens is 296 g/mol. The molecule has 2 unspecified atom stereocenters. The summed E-state index contributed by atoms with van der Waals surface area (Å²) >= 11 is 0. The van der Waals surface area contributed by atoms with Crippen LogP contribution in [0.4, 0.5) is 10.5 Å². The Labute approximate surface area is 136 Å². The van der Waals surface area contributed by atoms with Crippen LogP contribution in [0.15, 0.2) is 18.2 Å². The van der Waals surface area contributed by atoms with Crippen molar-refractivity contribution in [3.63, 3.8) is 0 Å². The maximum absolute atomic E-state index is 11.8. The molecule has 0 spiro atoms. The van der Waals surface area contributed by atoms with Gasteiger partial charge in [-0.05, 0) is 63.8 Å². The van der Waals surface area contributed by atoms with Crippen molar-refractivity contribution < 1.29 is 19.4 Å². The van der Waals surface area contributed by atoms with Gasteiger partial charge in [-0.3, -0.25) is 15.4 Å². The highest BCUT2D eigenvalue weighted by atomic mass is 16.6. The number of rotatable bonds is 4. The summed E-state index contributed by atoms with van der Waals surface area (Å²) in [4.78, 5) is 22.8. The van der Waals surface area contributed by atoms with E-state index in [0.717, 1.165) is 24.0 Å². The SMILES string of the molecule is CC(NC1CCc2cc(NC(=O)OC(C)(C)C)ccc21)C(=O)O. The molecule has 0 saturated heterocycles. The summed E-state index contributed by atoms with van der Waals surface area (Å²) < 4.78 is 5.23. The lowest BCUT2D eigenvalue weighted by Crippen LogP contribution is -2.35. The smallest absolute Gasteiger partial charge is 0.412 e. The van der Waals surface area contributed by atoms with E-state index in [1.54, 1.807) is 6.92 Å². The lowest BCUT2D eigenvalue weighted by atomic mass is 10.1. The van der Waals surface area contributed by atoms with Crippen molar-refractivity contribution in [3.05, 3.63) is 29.3 Å². The van der Waals surface area contributed by atoms with Crippen LogP contribution in [-0.2, 0) is 16.0 Å². The number of carboxylic acids is 1. The third-order valence-corrected chi connectivity index (χ3v) is 3.69. The van der Waals surface area contributed by atoms with Crippen molar-refractivity contribution in [1.29, 1.82) is 0 Å². The van der Waals surface area contributed by atoms with Gasteiger partial charge in [-0.25, -0.2) is 4.79 Å². The van der Waals surface area contributed by atoms with Gasteiger partial charge in [0.15, 0.2) is 0 Å². The third-order valence-electron chi connectivity index (χ3n) is 3.69. The Hall–Kier alpha value is -2.08. The van der Waals surface area contributed by atoms with Gasteiger partial charge in [-0.2, -0.15) is 0 Å². The molecule has 1 aromatic carbocycles. The zero-order chi connectivity index (χ0) is 17.2. The molecule has 0 bridgehead atoms. The molecule has 2 atom stereocenters. The fourth-order valence-electron chi connectivity index (χ4n) is 2.66. The van der Waals surface area contributed by atoms with Gasteiger partial charge in [0.25, 0.3) is 0 Å².